The third kappa shape index (κ3) is 2.04. The van der Waals surface area contributed by atoms with Crippen molar-refractivity contribution in [3.63, 3.8) is 0 Å². The Balaban J connectivity index is 2.05. The number of fused-ring (bicyclic) bond motifs is 1. The van der Waals surface area contributed by atoms with Crippen LogP contribution in [0.15, 0.2) is 18.5 Å². The quantitative estimate of drug-likeness (QED) is 0.934. The van der Waals surface area contributed by atoms with E-state index < -0.39 is 11.9 Å². The molecule has 3 rings (SSSR count). The SMILES string of the molecule is CCc1cnccc1-c1nc2c(s1)CCC2C(=O)O. The molecular weight excluding hydrogens is 260 g/mol. The minimum absolute atomic E-state index is 0.424. The molecular formula is C14H14N2O2S. The molecule has 2 heterocycles. The predicted molar refractivity (Wildman–Crippen MR) is 73.4 cm³/mol. The lowest BCUT2D eigenvalue weighted by molar-refractivity contribution is -0.138. The topological polar surface area (TPSA) is 63.1 Å². The lowest BCUT2D eigenvalue weighted by Crippen LogP contribution is -2.08. The van der Waals surface area contributed by atoms with Crippen LogP contribution in [0.1, 0.15) is 35.4 Å². The predicted octanol–water partition coefficient (Wildman–Crippen LogP) is 2.88. The summed E-state index contributed by atoms with van der Waals surface area (Å²) < 4.78 is 0. The van der Waals surface area contributed by atoms with Gasteiger partial charge >= 0.3 is 5.97 Å². The van der Waals surface area contributed by atoms with Crippen LogP contribution in [0.25, 0.3) is 10.6 Å². The number of thiazole rings is 1. The first-order chi connectivity index (χ1) is 9.20. The summed E-state index contributed by atoms with van der Waals surface area (Å²) in [5.74, 6) is -1.19. The number of carboxylic acid groups (broad SMARTS) is 1. The molecule has 0 amide bonds. The fourth-order valence-electron chi connectivity index (χ4n) is 2.50. The molecule has 2 aromatic rings. The Morgan fingerprint density at radius 3 is 3.16 bits per heavy atom. The third-order valence-corrected chi connectivity index (χ3v) is 4.69. The van der Waals surface area contributed by atoms with Gasteiger partial charge in [0.05, 0.1) is 5.69 Å². The van der Waals surface area contributed by atoms with Gasteiger partial charge in [-0.25, -0.2) is 4.98 Å². The molecule has 0 aromatic carbocycles. The zero-order chi connectivity index (χ0) is 13.4. The van der Waals surface area contributed by atoms with Crippen LogP contribution < -0.4 is 0 Å². The van der Waals surface area contributed by atoms with Gasteiger partial charge in [-0.15, -0.1) is 11.3 Å². The molecule has 5 heteroatoms. The fraction of sp³-hybridized carbons (Fsp3) is 0.357. The van der Waals surface area contributed by atoms with Crippen LogP contribution in [0.3, 0.4) is 0 Å². The smallest absolute Gasteiger partial charge is 0.312 e. The minimum atomic E-state index is -0.763. The van der Waals surface area contributed by atoms with Crippen LogP contribution in [-0.2, 0) is 17.6 Å². The molecule has 1 aliphatic rings. The van der Waals surface area contributed by atoms with Crippen LogP contribution in [-0.4, -0.2) is 21.0 Å². The lowest BCUT2D eigenvalue weighted by atomic mass is 10.1. The molecule has 2 aromatic heterocycles. The van der Waals surface area contributed by atoms with Gasteiger partial charge in [-0.3, -0.25) is 9.78 Å². The number of rotatable bonds is 3. The summed E-state index contributed by atoms with van der Waals surface area (Å²) in [6, 6.07) is 1.96. The standard InChI is InChI=1S/C14H14N2O2S/c1-2-8-7-15-6-5-9(8)13-16-12-10(14(17)18)3-4-11(12)19-13/h5-7,10H,2-4H2,1H3,(H,17,18). The Hall–Kier alpha value is -1.75. The summed E-state index contributed by atoms with van der Waals surface area (Å²) in [6.07, 6.45) is 6.03. The molecule has 19 heavy (non-hydrogen) atoms. The maximum absolute atomic E-state index is 11.2. The highest BCUT2D eigenvalue weighted by molar-refractivity contribution is 7.15. The molecule has 4 nitrogen and oxygen atoms in total. The average molecular weight is 274 g/mol. The van der Waals surface area contributed by atoms with Gasteiger partial charge in [-0.05, 0) is 30.9 Å². The van der Waals surface area contributed by atoms with Crippen LogP contribution >= 0.6 is 11.3 Å². The van der Waals surface area contributed by atoms with Crippen molar-refractivity contribution in [2.75, 3.05) is 0 Å². The second kappa shape index (κ2) is 4.74. The van der Waals surface area contributed by atoms with Gasteiger partial charge in [0.1, 0.15) is 10.9 Å². The number of carboxylic acids is 1. The van der Waals surface area contributed by atoms with Gasteiger partial charge in [0, 0.05) is 22.8 Å². The van der Waals surface area contributed by atoms with Crippen molar-refractivity contribution in [3.8, 4) is 10.6 Å². The second-order valence-corrected chi connectivity index (χ2v) is 5.73. The Morgan fingerprint density at radius 1 is 1.58 bits per heavy atom. The van der Waals surface area contributed by atoms with Gasteiger partial charge in [-0.1, -0.05) is 6.92 Å². The van der Waals surface area contributed by atoms with E-state index in [1.54, 1.807) is 17.5 Å². The first kappa shape index (κ1) is 12.3. The monoisotopic (exact) mass is 274 g/mol. The van der Waals surface area contributed by atoms with E-state index in [1.807, 2.05) is 12.3 Å². The van der Waals surface area contributed by atoms with E-state index >= 15 is 0 Å². The van der Waals surface area contributed by atoms with E-state index in [-0.39, 0.29) is 0 Å². The fourth-order valence-corrected chi connectivity index (χ4v) is 3.70. The minimum Gasteiger partial charge on any atom is -0.481 e. The normalized spacial score (nSPS) is 17.4. The summed E-state index contributed by atoms with van der Waals surface area (Å²) in [7, 11) is 0. The number of aryl methyl sites for hydroxylation is 2. The average Bonchev–Trinajstić information content (AvgIpc) is 2.97. The van der Waals surface area contributed by atoms with E-state index in [0.717, 1.165) is 39.5 Å². The molecule has 1 aliphatic carbocycles. The molecule has 1 atom stereocenters. The van der Waals surface area contributed by atoms with Crippen molar-refractivity contribution in [2.24, 2.45) is 0 Å². The number of aliphatic carboxylic acids is 1. The summed E-state index contributed by atoms with van der Waals surface area (Å²) in [5, 5.41) is 10.1. The van der Waals surface area contributed by atoms with Gasteiger partial charge in [-0.2, -0.15) is 0 Å². The summed E-state index contributed by atoms with van der Waals surface area (Å²) in [5.41, 5.74) is 3.01. The van der Waals surface area contributed by atoms with Crippen molar-refractivity contribution in [1.82, 2.24) is 9.97 Å². The summed E-state index contributed by atoms with van der Waals surface area (Å²) >= 11 is 1.62. The largest absolute Gasteiger partial charge is 0.481 e. The Bertz CT molecular complexity index is 636. The van der Waals surface area contributed by atoms with Crippen molar-refractivity contribution < 1.29 is 9.90 Å². The van der Waals surface area contributed by atoms with E-state index in [2.05, 4.69) is 16.9 Å². The third-order valence-electron chi connectivity index (χ3n) is 3.53. The molecule has 0 fully saturated rings. The number of hydrogen-bond acceptors (Lipinski definition) is 4. The van der Waals surface area contributed by atoms with Crippen molar-refractivity contribution in [3.05, 3.63) is 34.6 Å². The Morgan fingerprint density at radius 2 is 2.42 bits per heavy atom. The van der Waals surface area contributed by atoms with Crippen LogP contribution in [0.4, 0.5) is 0 Å². The zero-order valence-electron chi connectivity index (χ0n) is 10.6. The highest BCUT2D eigenvalue weighted by Gasteiger charge is 2.32. The first-order valence-electron chi connectivity index (χ1n) is 6.36. The molecule has 0 spiro atoms. The van der Waals surface area contributed by atoms with Crippen molar-refractivity contribution in [1.29, 1.82) is 0 Å². The van der Waals surface area contributed by atoms with Crippen molar-refractivity contribution >= 4 is 17.3 Å². The number of pyridine rings is 1. The maximum atomic E-state index is 11.2. The number of carbonyl (C=O) groups is 1. The molecule has 0 aliphatic heterocycles. The number of nitrogens with zero attached hydrogens (tertiary/aromatic N) is 2. The van der Waals surface area contributed by atoms with Crippen LogP contribution in [0, 0.1) is 0 Å². The molecule has 0 saturated carbocycles. The van der Waals surface area contributed by atoms with Gasteiger partial charge in [0.15, 0.2) is 0 Å². The van der Waals surface area contributed by atoms with Gasteiger partial charge < -0.3 is 5.11 Å². The Kier molecular flexibility index (Phi) is 3.06. The molecule has 0 bridgehead atoms. The van der Waals surface area contributed by atoms with Crippen molar-refractivity contribution in [2.45, 2.75) is 32.1 Å². The highest BCUT2D eigenvalue weighted by atomic mass is 32.1. The van der Waals surface area contributed by atoms with E-state index in [0.29, 0.717) is 6.42 Å². The lowest BCUT2D eigenvalue weighted by Gasteiger charge is -2.04. The summed E-state index contributed by atoms with van der Waals surface area (Å²) in [6.45, 7) is 2.09. The van der Waals surface area contributed by atoms with Crippen LogP contribution in [0.5, 0.6) is 0 Å². The van der Waals surface area contributed by atoms with E-state index in [4.69, 9.17) is 0 Å². The first-order valence-corrected chi connectivity index (χ1v) is 7.18. The molecule has 98 valence electrons. The van der Waals surface area contributed by atoms with Gasteiger partial charge in [0.25, 0.3) is 0 Å². The molecule has 0 radical (unpaired) electrons. The van der Waals surface area contributed by atoms with Gasteiger partial charge in [0.2, 0.25) is 0 Å². The molecule has 0 saturated heterocycles. The van der Waals surface area contributed by atoms with E-state index in [1.165, 1.54) is 0 Å². The van der Waals surface area contributed by atoms with E-state index in [9.17, 15) is 9.90 Å². The molecule has 1 N–H and O–H groups in total. The number of aromatic nitrogens is 2. The number of hydrogen-bond donors (Lipinski definition) is 1. The van der Waals surface area contributed by atoms with Crippen LogP contribution in [0.2, 0.25) is 0 Å². The summed E-state index contributed by atoms with van der Waals surface area (Å²) in [4.78, 5) is 21.0. The zero-order valence-corrected chi connectivity index (χ0v) is 11.4. The maximum Gasteiger partial charge on any atom is 0.312 e. The highest BCUT2D eigenvalue weighted by Crippen LogP contribution is 2.40. The molecule has 1 unspecified atom stereocenters. The second-order valence-electron chi connectivity index (χ2n) is 4.64. The Labute approximate surface area is 115 Å².